The Morgan fingerprint density at radius 1 is 1.03 bits per heavy atom. The van der Waals surface area contributed by atoms with Gasteiger partial charge in [0, 0.05) is 16.9 Å². The molecule has 0 bridgehead atoms. The Balaban J connectivity index is 1.58. The van der Waals surface area contributed by atoms with E-state index in [1.165, 1.54) is 0 Å². The smallest absolute Gasteiger partial charge is 0.307 e. The van der Waals surface area contributed by atoms with Gasteiger partial charge in [-0.2, -0.15) is 0 Å². The van der Waals surface area contributed by atoms with E-state index in [4.69, 9.17) is 15.1 Å². The molecule has 2 aromatic heterocycles. The van der Waals surface area contributed by atoms with Gasteiger partial charge in [0.15, 0.2) is 5.82 Å². The van der Waals surface area contributed by atoms with Crippen LogP contribution in [0.25, 0.3) is 22.9 Å². The number of aliphatic carboxylic acids is 1. The lowest BCUT2D eigenvalue weighted by Gasteiger charge is -2.14. The van der Waals surface area contributed by atoms with E-state index in [1.54, 1.807) is 11.3 Å². The third-order valence-electron chi connectivity index (χ3n) is 5.25. The number of aromatic nitrogens is 2. The number of anilines is 2. The van der Waals surface area contributed by atoms with Crippen molar-refractivity contribution in [2.24, 2.45) is 0 Å². The molecular formula is C27H25N3O2S. The standard InChI is InChI=1S/C27H25N3O2S/c1-3-23-18(2)28-27(24-15-21(17-33-24)10-9-19-7-5-4-6-8-19)30-26(23)29-22-13-11-20(12-14-22)16-25(31)32/h4-15,17H,3,16H2,1-2H3,(H,31,32)(H,28,29,30). The first-order valence-electron chi connectivity index (χ1n) is 10.8. The summed E-state index contributed by atoms with van der Waals surface area (Å²) in [6, 6.07) is 19.7. The van der Waals surface area contributed by atoms with Crippen molar-refractivity contribution in [1.29, 1.82) is 0 Å². The van der Waals surface area contributed by atoms with Crippen molar-refractivity contribution in [2.75, 3.05) is 5.32 Å². The molecule has 6 heteroatoms. The summed E-state index contributed by atoms with van der Waals surface area (Å²) in [5.74, 6) is 0.633. The summed E-state index contributed by atoms with van der Waals surface area (Å²) in [6.45, 7) is 4.10. The summed E-state index contributed by atoms with van der Waals surface area (Å²) in [5, 5.41) is 14.5. The van der Waals surface area contributed by atoms with Gasteiger partial charge in [0.2, 0.25) is 0 Å². The van der Waals surface area contributed by atoms with Crippen LogP contribution in [0.1, 0.15) is 34.9 Å². The van der Waals surface area contributed by atoms with Crippen LogP contribution in [0.3, 0.4) is 0 Å². The Morgan fingerprint density at radius 2 is 1.76 bits per heavy atom. The minimum absolute atomic E-state index is 0.0106. The molecule has 33 heavy (non-hydrogen) atoms. The molecule has 0 unspecified atom stereocenters. The Kier molecular flexibility index (Phi) is 6.95. The molecule has 5 nitrogen and oxygen atoms in total. The Morgan fingerprint density at radius 3 is 2.45 bits per heavy atom. The molecule has 0 saturated carbocycles. The van der Waals surface area contributed by atoms with Crippen molar-refractivity contribution in [3.05, 3.63) is 94.0 Å². The summed E-state index contributed by atoms with van der Waals surface area (Å²) in [5.41, 5.74) is 5.91. The predicted octanol–water partition coefficient (Wildman–Crippen LogP) is 6.62. The zero-order chi connectivity index (χ0) is 23.2. The Bertz CT molecular complexity index is 1280. The fourth-order valence-corrected chi connectivity index (χ4v) is 4.37. The van der Waals surface area contributed by atoms with E-state index < -0.39 is 5.97 Å². The van der Waals surface area contributed by atoms with Crippen LogP contribution < -0.4 is 5.32 Å². The molecule has 2 aromatic carbocycles. The third-order valence-corrected chi connectivity index (χ3v) is 6.19. The number of carboxylic acids is 1. The van der Waals surface area contributed by atoms with E-state index in [0.717, 1.165) is 50.8 Å². The Labute approximate surface area is 197 Å². The number of nitrogens with zero attached hydrogens (tertiary/aromatic N) is 2. The van der Waals surface area contributed by atoms with Gasteiger partial charge in [-0.05, 0) is 53.6 Å². The average Bonchev–Trinajstić information content (AvgIpc) is 3.28. The summed E-state index contributed by atoms with van der Waals surface area (Å²) in [6.07, 6.45) is 5.01. The normalized spacial score (nSPS) is 11.1. The highest BCUT2D eigenvalue weighted by atomic mass is 32.1. The van der Waals surface area contributed by atoms with E-state index >= 15 is 0 Å². The van der Waals surface area contributed by atoms with Crippen molar-refractivity contribution in [3.63, 3.8) is 0 Å². The molecule has 0 radical (unpaired) electrons. The minimum Gasteiger partial charge on any atom is -0.481 e. The average molecular weight is 456 g/mol. The summed E-state index contributed by atoms with van der Waals surface area (Å²) >= 11 is 1.62. The first kappa shape index (κ1) is 22.4. The van der Waals surface area contributed by atoms with Gasteiger partial charge in [-0.15, -0.1) is 11.3 Å². The second-order valence-electron chi connectivity index (χ2n) is 7.69. The minimum atomic E-state index is -0.839. The van der Waals surface area contributed by atoms with Gasteiger partial charge >= 0.3 is 5.97 Å². The van der Waals surface area contributed by atoms with Crippen molar-refractivity contribution >= 4 is 41.0 Å². The number of nitrogens with one attached hydrogen (secondary N) is 1. The lowest BCUT2D eigenvalue weighted by Crippen LogP contribution is -2.05. The fourth-order valence-electron chi connectivity index (χ4n) is 3.56. The molecule has 0 fully saturated rings. The number of thiophene rings is 1. The quantitative estimate of drug-likeness (QED) is 0.312. The van der Waals surface area contributed by atoms with Gasteiger partial charge in [-0.25, -0.2) is 9.97 Å². The van der Waals surface area contributed by atoms with Crippen LogP contribution >= 0.6 is 11.3 Å². The number of hydrogen-bond acceptors (Lipinski definition) is 5. The highest BCUT2D eigenvalue weighted by molar-refractivity contribution is 7.13. The molecule has 0 spiro atoms. The lowest BCUT2D eigenvalue weighted by atomic mass is 10.1. The lowest BCUT2D eigenvalue weighted by molar-refractivity contribution is -0.136. The van der Waals surface area contributed by atoms with Crippen LogP contribution in [0.2, 0.25) is 0 Å². The molecule has 2 heterocycles. The molecule has 166 valence electrons. The third kappa shape index (κ3) is 5.73. The van der Waals surface area contributed by atoms with Crippen LogP contribution in [0.15, 0.2) is 66.0 Å². The highest BCUT2D eigenvalue weighted by Crippen LogP contribution is 2.30. The molecule has 0 amide bonds. The van der Waals surface area contributed by atoms with Crippen LogP contribution in [0, 0.1) is 6.92 Å². The zero-order valence-electron chi connectivity index (χ0n) is 18.6. The second kappa shape index (κ2) is 10.2. The zero-order valence-corrected chi connectivity index (χ0v) is 19.4. The van der Waals surface area contributed by atoms with E-state index in [9.17, 15) is 4.79 Å². The first-order chi connectivity index (χ1) is 16.0. The fraction of sp³-hybridized carbons (Fsp3) is 0.148. The van der Waals surface area contributed by atoms with Gasteiger partial charge < -0.3 is 10.4 Å². The number of hydrogen-bond donors (Lipinski definition) is 2. The Hall–Kier alpha value is -3.77. The SMILES string of the molecule is CCc1c(C)nc(-c2cc(C=Cc3ccccc3)cs2)nc1Nc1ccc(CC(=O)O)cc1. The van der Waals surface area contributed by atoms with Gasteiger partial charge in [0.1, 0.15) is 5.82 Å². The van der Waals surface area contributed by atoms with Crippen LogP contribution in [-0.4, -0.2) is 21.0 Å². The van der Waals surface area contributed by atoms with Gasteiger partial charge in [-0.3, -0.25) is 4.79 Å². The van der Waals surface area contributed by atoms with Crippen LogP contribution in [0.5, 0.6) is 0 Å². The summed E-state index contributed by atoms with van der Waals surface area (Å²) in [4.78, 5) is 21.5. The number of carboxylic acid groups (broad SMARTS) is 1. The number of benzene rings is 2. The monoisotopic (exact) mass is 455 g/mol. The molecular weight excluding hydrogens is 430 g/mol. The summed E-state index contributed by atoms with van der Waals surface area (Å²) < 4.78 is 0. The maximum Gasteiger partial charge on any atom is 0.307 e. The van der Waals surface area contributed by atoms with Gasteiger partial charge in [-0.1, -0.05) is 61.5 Å². The molecule has 4 rings (SSSR count). The highest BCUT2D eigenvalue weighted by Gasteiger charge is 2.13. The van der Waals surface area contributed by atoms with Crippen LogP contribution in [0.4, 0.5) is 11.5 Å². The van der Waals surface area contributed by atoms with Crippen molar-refractivity contribution in [2.45, 2.75) is 26.7 Å². The van der Waals surface area contributed by atoms with Gasteiger partial charge in [0.25, 0.3) is 0 Å². The number of carbonyl (C=O) groups is 1. The molecule has 4 aromatic rings. The maximum atomic E-state index is 10.9. The molecule has 0 aliphatic heterocycles. The molecule has 2 N–H and O–H groups in total. The maximum absolute atomic E-state index is 10.9. The largest absolute Gasteiger partial charge is 0.481 e. The second-order valence-corrected chi connectivity index (χ2v) is 8.61. The summed E-state index contributed by atoms with van der Waals surface area (Å²) in [7, 11) is 0. The molecule has 0 aliphatic carbocycles. The number of aryl methyl sites for hydroxylation is 1. The number of rotatable bonds is 8. The van der Waals surface area contributed by atoms with E-state index in [-0.39, 0.29) is 6.42 Å². The predicted molar refractivity (Wildman–Crippen MR) is 136 cm³/mol. The van der Waals surface area contributed by atoms with Gasteiger partial charge in [0.05, 0.1) is 11.3 Å². The topological polar surface area (TPSA) is 75.1 Å². The van der Waals surface area contributed by atoms with Crippen molar-refractivity contribution in [1.82, 2.24) is 9.97 Å². The van der Waals surface area contributed by atoms with Crippen molar-refractivity contribution in [3.8, 4) is 10.7 Å². The molecule has 0 saturated heterocycles. The van der Waals surface area contributed by atoms with E-state index in [2.05, 4.69) is 48.0 Å². The first-order valence-corrected chi connectivity index (χ1v) is 11.7. The van der Waals surface area contributed by atoms with Crippen LogP contribution in [-0.2, 0) is 17.6 Å². The van der Waals surface area contributed by atoms with E-state index in [1.807, 2.05) is 49.4 Å². The molecule has 0 atom stereocenters. The molecule has 0 aliphatic rings. The van der Waals surface area contributed by atoms with Crippen molar-refractivity contribution < 1.29 is 9.90 Å². The van der Waals surface area contributed by atoms with E-state index in [0.29, 0.717) is 5.82 Å².